The molecule has 0 aliphatic carbocycles. The van der Waals surface area contributed by atoms with Crippen molar-refractivity contribution in [2.75, 3.05) is 6.61 Å². The number of esters is 2. The molecule has 33 heavy (non-hydrogen) atoms. The molecule has 0 aromatic heterocycles. The summed E-state index contributed by atoms with van der Waals surface area (Å²) in [5.41, 5.74) is 0. The number of hydrogen-bond acceptors (Lipinski definition) is 4. The fourth-order valence-electron chi connectivity index (χ4n) is 3.81. The van der Waals surface area contributed by atoms with Crippen molar-refractivity contribution in [2.45, 2.75) is 122 Å². The average Bonchev–Trinajstić information content (AvgIpc) is 2.79. The Morgan fingerprint density at radius 3 is 1.79 bits per heavy atom. The van der Waals surface area contributed by atoms with Crippen molar-refractivity contribution in [3.63, 3.8) is 0 Å². The van der Waals surface area contributed by atoms with Crippen molar-refractivity contribution >= 4 is 23.5 Å². The predicted octanol–water partition coefficient (Wildman–Crippen LogP) is 8.83. The first kappa shape index (κ1) is 29.5. The van der Waals surface area contributed by atoms with Crippen LogP contribution in [0.1, 0.15) is 122 Å². The van der Waals surface area contributed by atoms with E-state index < -0.39 is 0 Å². The fourth-order valence-corrected chi connectivity index (χ4v) is 3.99. The van der Waals surface area contributed by atoms with Crippen LogP contribution in [0.3, 0.4) is 0 Å². The van der Waals surface area contributed by atoms with Gasteiger partial charge in [0.1, 0.15) is 5.75 Å². The van der Waals surface area contributed by atoms with Gasteiger partial charge in [0.2, 0.25) is 0 Å². The van der Waals surface area contributed by atoms with Crippen LogP contribution >= 0.6 is 11.6 Å². The monoisotopic (exact) mass is 480 g/mol. The van der Waals surface area contributed by atoms with E-state index in [1.807, 2.05) is 0 Å². The third-order valence-electron chi connectivity index (χ3n) is 5.80. The van der Waals surface area contributed by atoms with Crippen LogP contribution in [-0.4, -0.2) is 18.5 Å². The number of ether oxygens (including phenoxy) is 2. The number of hydrogen-bond donors (Lipinski definition) is 0. The van der Waals surface area contributed by atoms with Gasteiger partial charge in [0, 0.05) is 17.9 Å². The minimum atomic E-state index is -0.220. The number of carbonyl (C=O) groups excluding carboxylic acids is 2. The van der Waals surface area contributed by atoms with Gasteiger partial charge in [-0.1, -0.05) is 108 Å². The smallest absolute Gasteiger partial charge is 0.311 e. The topological polar surface area (TPSA) is 52.6 Å². The zero-order chi connectivity index (χ0) is 24.0. The molecule has 0 heterocycles. The standard InChI is InChI=1S/C28H45ClO4/c1-2-3-4-5-6-7-8-11-14-17-23-32-27(30)21-15-12-9-10-13-16-22-28(31)33-26-20-18-19-25(29)24-26/h18-20,24H,2-17,21-23H2,1H3. The summed E-state index contributed by atoms with van der Waals surface area (Å²) in [6.45, 7) is 2.82. The van der Waals surface area contributed by atoms with E-state index in [0.717, 1.165) is 51.4 Å². The van der Waals surface area contributed by atoms with E-state index in [1.54, 1.807) is 24.3 Å². The Morgan fingerprint density at radius 2 is 1.21 bits per heavy atom. The Morgan fingerprint density at radius 1 is 0.697 bits per heavy atom. The van der Waals surface area contributed by atoms with E-state index in [1.165, 1.54) is 51.4 Å². The zero-order valence-electron chi connectivity index (χ0n) is 20.8. The molecule has 0 atom stereocenters. The molecule has 1 aromatic rings. The van der Waals surface area contributed by atoms with Crippen LogP contribution in [0.5, 0.6) is 5.75 Å². The van der Waals surface area contributed by atoms with E-state index in [-0.39, 0.29) is 11.9 Å². The lowest BCUT2D eigenvalue weighted by molar-refractivity contribution is -0.144. The SMILES string of the molecule is CCCCCCCCCCCCOC(=O)CCCCCCCCC(=O)Oc1cccc(Cl)c1. The van der Waals surface area contributed by atoms with Crippen molar-refractivity contribution in [3.05, 3.63) is 29.3 Å². The van der Waals surface area contributed by atoms with Gasteiger partial charge in [-0.3, -0.25) is 9.59 Å². The Hall–Kier alpha value is -1.55. The first-order valence-corrected chi connectivity index (χ1v) is 13.6. The molecular weight excluding hydrogens is 436 g/mol. The maximum absolute atomic E-state index is 11.8. The second-order valence-corrected chi connectivity index (χ2v) is 9.39. The van der Waals surface area contributed by atoms with E-state index in [0.29, 0.717) is 30.2 Å². The second kappa shape index (κ2) is 21.0. The molecule has 0 radical (unpaired) electrons. The molecule has 0 saturated carbocycles. The van der Waals surface area contributed by atoms with Gasteiger partial charge in [0.25, 0.3) is 0 Å². The van der Waals surface area contributed by atoms with Gasteiger partial charge in [-0.05, 0) is 37.5 Å². The Kier molecular flexibility index (Phi) is 18.8. The van der Waals surface area contributed by atoms with E-state index >= 15 is 0 Å². The van der Waals surface area contributed by atoms with E-state index in [4.69, 9.17) is 21.1 Å². The summed E-state index contributed by atoms with van der Waals surface area (Å²) in [5, 5.41) is 0.558. The lowest BCUT2D eigenvalue weighted by atomic mass is 10.1. The molecule has 4 nitrogen and oxygen atoms in total. The fraction of sp³-hybridized carbons (Fsp3) is 0.714. The summed E-state index contributed by atoms with van der Waals surface area (Å²) >= 11 is 5.88. The van der Waals surface area contributed by atoms with Crippen LogP contribution in [0, 0.1) is 0 Å². The number of rotatable bonds is 21. The van der Waals surface area contributed by atoms with E-state index in [2.05, 4.69) is 6.92 Å². The van der Waals surface area contributed by atoms with Crippen LogP contribution in [0.2, 0.25) is 5.02 Å². The molecule has 5 heteroatoms. The molecule has 1 rings (SSSR count). The summed E-state index contributed by atoms with van der Waals surface area (Å²) in [7, 11) is 0. The van der Waals surface area contributed by atoms with Crippen LogP contribution in [-0.2, 0) is 14.3 Å². The normalized spacial score (nSPS) is 10.8. The number of carbonyl (C=O) groups is 2. The van der Waals surface area contributed by atoms with Crippen LogP contribution in [0.15, 0.2) is 24.3 Å². The molecule has 0 saturated heterocycles. The molecular formula is C28H45ClO4. The highest BCUT2D eigenvalue weighted by Crippen LogP contribution is 2.18. The highest BCUT2D eigenvalue weighted by molar-refractivity contribution is 6.30. The first-order valence-electron chi connectivity index (χ1n) is 13.2. The van der Waals surface area contributed by atoms with Crippen molar-refractivity contribution in [3.8, 4) is 5.75 Å². The first-order chi connectivity index (χ1) is 16.1. The molecule has 1 aromatic carbocycles. The summed E-state index contributed by atoms with van der Waals surface area (Å²) in [6, 6.07) is 6.88. The third-order valence-corrected chi connectivity index (χ3v) is 6.04. The van der Waals surface area contributed by atoms with Gasteiger partial charge in [0.15, 0.2) is 0 Å². The predicted molar refractivity (Wildman–Crippen MR) is 137 cm³/mol. The van der Waals surface area contributed by atoms with Gasteiger partial charge in [-0.25, -0.2) is 0 Å². The van der Waals surface area contributed by atoms with Crippen molar-refractivity contribution in [1.82, 2.24) is 0 Å². The Balaban J connectivity index is 1.82. The summed E-state index contributed by atoms with van der Waals surface area (Å²) < 4.78 is 10.6. The lowest BCUT2D eigenvalue weighted by Crippen LogP contribution is -2.07. The molecule has 0 unspecified atom stereocenters. The molecule has 0 amide bonds. The van der Waals surface area contributed by atoms with Gasteiger partial charge in [-0.2, -0.15) is 0 Å². The highest BCUT2D eigenvalue weighted by Gasteiger charge is 2.06. The molecule has 0 bridgehead atoms. The quantitative estimate of drug-likeness (QED) is 0.100. The van der Waals surface area contributed by atoms with Crippen molar-refractivity contribution < 1.29 is 19.1 Å². The van der Waals surface area contributed by atoms with Gasteiger partial charge in [0.05, 0.1) is 6.61 Å². The molecule has 188 valence electrons. The maximum Gasteiger partial charge on any atom is 0.311 e. The van der Waals surface area contributed by atoms with Gasteiger partial charge >= 0.3 is 11.9 Å². The van der Waals surface area contributed by atoms with Gasteiger partial charge in [-0.15, -0.1) is 0 Å². The Bertz CT molecular complexity index is 632. The maximum atomic E-state index is 11.8. The minimum Gasteiger partial charge on any atom is -0.466 e. The minimum absolute atomic E-state index is 0.0605. The molecule has 0 spiro atoms. The van der Waals surface area contributed by atoms with Crippen molar-refractivity contribution in [1.29, 1.82) is 0 Å². The summed E-state index contributed by atoms with van der Waals surface area (Å²) in [5.74, 6) is 0.213. The molecule has 0 N–H and O–H groups in total. The second-order valence-electron chi connectivity index (χ2n) is 8.96. The number of halogens is 1. The highest BCUT2D eigenvalue weighted by atomic mass is 35.5. The summed E-state index contributed by atoms with van der Waals surface area (Å²) in [6.07, 6.45) is 19.7. The Labute approximate surface area is 206 Å². The average molecular weight is 481 g/mol. The molecule has 0 aliphatic rings. The molecule has 0 aliphatic heterocycles. The number of unbranched alkanes of at least 4 members (excludes halogenated alkanes) is 14. The molecule has 0 fully saturated rings. The van der Waals surface area contributed by atoms with Crippen molar-refractivity contribution in [2.24, 2.45) is 0 Å². The summed E-state index contributed by atoms with van der Waals surface area (Å²) in [4.78, 5) is 23.6. The third kappa shape index (κ3) is 18.6. The van der Waals surface area contributed by atoms with Crippen LogP contribution in [0.25, 0.3) is 0 Å². The number of benzene rings is 1. The van der Waals surface area contributed by atoms with Crippen LogP contribution in [0.4, 0.5) is 0 Å². The van der Waals surface area contributed by atoms with E-state index in [9.17, 15) is 9.59 Å². The zero-order valence-corrected chi connectivity index (χ0v) is 21.5. The largest absolute Gasteiger partial charge is 0.466 e. The van der Waals surface area contributed by atoms with Crippen LogP contribution < -0.4 is 4.74 Å². The lowest BCUT2D eigenvalue weighted by Gasteiger charge is -2.06. The van der Waals surface area contributed by atoms with Gasteiger partial charge < -0.3 is 9.47 Å².